The molecule has 1 N–H and O–H groups in total. The summed E-state index contributed by atoms with van der Waals surface area (Å²) in [7, 11) is 0. The first kappa shape index (κ1) is 16.6. The van der Waals surface area contributed by atoms with Crippen LogP contribution in [0.4, 0.5) is 0 Å². The van der Waals surface area contributed by atoms with Gasteiger partial charge in [0.25, 0.3) is 0 Å². The summed E-state index contributed by atoms with van der Waals surface area (Å²) in [4.78, 5) is 0. The minimum atomic E-state index is -1.73. The first-order valence-corrected chi connectivity index (χ1v) is 8.82. The van der Waals surface area contributed by atoms with Gasteiger partial charge in [-0.25, -0.2) is 0 Å². The van der Waals surface area contributed by atoms with E-state index in [-0.39, 0.29) is 5.90 Å². The second kappa shape index (κ2) is 5.56. The Morgan fingerprint density at radius 3 is 2.46 bits per heavy atom. The molecule has 26 heavy (non-hydrogen) atoms. The van der Waals surface area contributed by atoms with E-state index in [4.69, 9.17) is 14.9 Å². The van der Waals surface area contributed by atoms with Crippen molar-refractivity contribution in [3.63, 3.8) is 0 Å². The molecule has 1 spiro atoms. The van der Waals surface area contributed by atoms with E-state index >= 15 is 0 Å². The number of benzene rings is 1. The third-order valence-electron chi connectivity index (χ3n) is 6.19. The van der Waals surface area contributed by atoms with E-state index in [0.717, 1.165) is 18.4 Å². The van der Waals surface area contributed by atoms with Crippen molar-refractivity contribution in [3.05, 3.63) is 35.9 Å². The van der Waals surface area contributed by atoms with Crippen molar-refractivity contribution >= 4 is 5.90 Å². The highest BCUT2D eigenvalue weighted by Gasteiger charge is 2.79. The van der Waals surface area contributed by atoms with Gasteiger partial charge >= 0.3 is 0 Å². The molecule has 5 rings (SSSR count). The summed E-state index contributed by atoms with van der Waals surface area (Å²) in [5, 5.41) is 38.7. The van der Waals surface area contributed by atoms with Gasteiger partial charge in [0.15, 0.2) is 10.8 Å². The molecule has 0 amide bonds. The Bertz CT molecular complexity index is 864. The molecule has 1 aromatic rings. The van der Waals surface area contributed by atoms with Gasteiger partial charge in [-0.15, -0.1) is 0 Å². The predicted molar refractivity (Wildman–Crippen MR) is 90.2 cm³/mol. The van der Waals surface area contributed by atoms with Crippen molar-refractivity contribution in [2.45, 2.75) is 44.0 Å². The van der Waals surface area contributed by atoms with Gasteiger partial charge in [-0.2, -0.15) is 15.8 Å². The van der Waals surface area contributed by atoms with Crippen LogP contribution in [0.5, 0.6) is 0 Å². The molecule has 2 bridgehead atoms. The van der Waals surface area contributed by atoms with Crippen LogP contribution in [0.3, 0.4) is 0 Å². The molecule has 0 aromatic heterocycles. The van der Waals surface area contributed by atoms with Gasteiger partial charge < -0.3 is 9.47 Å². The number of hydrogen-bond donors (Lipinski definition) is 1. The number of nitrogens with zero attached hydrogens (tertiary/aromatic N) is 3. The Morgan fingerprint density at radius 2 is 1.81 bits per heavy atom. The molecule has 0 unspecified atom stereocenters. The minimum absolute atomic E-state index is 0.298. The van der Waals surface area contributed by atoms with Crippen LogP contribution in [-0.4, -0.2) is 17.8 Å². The smallest absolute Gasteiger partial charge is 0.217 e. The quantitative estimate of drug-likeness (QED) is 0.884. The number of rotatable bonds is 2. The summed E-state index contributed by atoms with van der Waals surface area (Å²) in [6, 6.07) is 15.9. The van der Waals surface area contributed by atoms with Gasteiger partial charge in [-0.05, 0) is 18.4 Å². The summed E-state index contributed by atoms with van der Waals surface area (Å²) < 4.78 is 12.2. The molecule has 4 aliphatic rings. The summed E-state index contributed by atoms with van der Waals surface area (Å²) in [6.45, 7) is 0. The lowest BCUT2D eigenvalue weighted by Crippen LogP contribution is -2.76. The van der Waals surface area contributed by atoms with Crippen LogP contribution < -0.4 is 0 Å². The molecule has 4 fully saturated rings. The monoisotopic (exact) mass is 346 g/mol. The molecule has 1 saturated carbocycles. The zero-order valence-electron chi connectivity index (χ0n) is 14.2. The maximum absolute atomic E-state index is 10.1. The third-order valence-corrected chi connectivity index (χ3v) is 6.19. The van der Waals surface area contributed by atoms with Crippen LogP contribution in [0.1, 0.15) is 31.2 Å². The second-order valence-electron chi connectivity index (χ2n) is 7.29. The molecule has 3 saturated heterocycles. The molecule has 6 nitrogen and oxygen atoms in total. The van der Waals surface area contributed by atoms with E-state index in [9.17, 15) is 15.8 Å². The average molecular weight is 346 g/mol. The van der Waals surface area contributed by atoms with Gasteiger partial charge in [-0.1, -0.05) is 36.8 Å². The first-order chi connectivity index (χ1) is 12.6. The van der Waals surface area contributed by atoms with Crippen molar-refractivity contribution in [2.24, 2.45) is 16.7 Å². The number of ether oxygens (including phenoxy) is 2. The van der Waals surface area contributed by atoms with Crippen LogP contribution >= 0.6 is 0 Å². The topological polar surface area (TPSA) is 114 Å². The van der Waals surface area contributed by atoms with Crippen molar-refractivity contribution in [1.29, 1.82) is 21.2 Å². The van der Waals surface area contributed by atoms with Gasteiger partial charge in [0.05, 0.1) is 30.2 Å². The zero-order chi connectivity index (χ0) is 18.4. The van der Waals surface area contributed by atoms with E-state index in [0.29, 0.717) is 19.3 Å². The lowest BCUT2D eigenvalue weighted by atomic mass is 9.48. The molecule has 3 aliphatic heterocycles. The van der Waals surface area contributed by atoms with Crippen LogP contribution in [0, 0.1) is 56.2 Å². The van der Waals surface area contributed by atoms with E-state index in [2.05, 4.69) is 18.2 Å². The average Bonchev–Trinajstić information content (AvgIpc) is 2.67. The lowest BCUT2D eigenvalue weighted by molar-refractivity contribution is -0.357. The lowest BCUT2D eigenvalue weighted by Gasteiger charge is -2.63. The summed E-state index contributed by atoms with van der Waals surface area (Å²) >= 11 is 0. The molecule has 0 radical (unpaired) electrons. The Morgan fingerprint density at radius 1 is 1.08 bits per heavy atom. The van der Waals surface area contributed by atoms with Gasteiger partial charge in [0, 0.05) is 12.8 Å². The number of fused-ring (bicyclic) bond motifs is 2. The van der Waals surface area contributed by atoms with Crippen molar-refractivity contribution in [1.82, 2.24) is 0 Å². The fourth-order valence-corrected chi connectivity index (χ4v) is 4.98. The summed E-state index contributed by atoms with van der Waals surface area (Å²) in [6.07, 6.45) is 2.37. The van der Waals surface area contributed by atoms with E-state index in [1.54, 1.807) is 0 Å². The molecular weight excluding hydrogens is 328 g/mol. The fraction of sp³-hybridized carbons (Fsp3) is 0.500. The number of nitriles is 3. The van der Waals surface area contributed by atoms with Crippen LogP contribution in [0.25, 0.3) is 0 Å². The third kappa shape index (κ3) is 1.79. The van der Waals surface area contributed by atoms with Crippen molar-refractivity contribution in [2.75, 3.05) is 0 Å². The molecule has 1 aromatic carbocycles. The molecule has 4 atom stereocenters. The molecule has 1 aliphatic carbocycles. The standard InChI is InChI=1S/C20H18N4O2/c21-11-18(12-22)15-8-4-5-9-20(15)25-16(10-14-6-2-1-3-7-14)19(18,13-23)17(24)26-20/h1-3,6-7,15-16,24H,4-5,8-10H2/t15-,16-,19-,20+/m1/s1. The normalized spacial score (nSPS) is 36.7. The Hall–Kier alpha value is -2.88. The maximum atomic E-state index is 10.1. The zero-order valence-corrected chi connectivity index (χ0v) is 14.2. The number of hydrogen-bond acceptors (Lipinski definition) is 6. The molecule has 3 heterocycles. The summed E-state index contributed by atoms with van der Waals surface area (Å²) in [5.74, 6) is -1.98. The SMILES string of the molecule is N#CC1(C#N)[C@H]2CCCC[C@]23OC(=N)[C@@]1(C#N)[C@@H](Cc1ccccc1)O3. The highest BCUT2D eigenvalue weighted by Crippen LogP contribution is 2.65. The largest absolute Gasteiger partial charge is 0.447 e. The van der Waals surface area contributed by atoms with E-state index in [1.165, 1.54) is 0 Å². The Balaban J connectivity index is 1.90. The fourth-order valence-electron chi connectivity index (χ4n) is 4.98. The van der Waals surface area contributed by atoms with Crippen molar-refractivity contribution in [3.8, 4) is 18.2 Å². The predicted octanol–water partition coefficient (Wildman–Crippen LogP) is 3.07. The van der Waals surface area contributed by atoms with Gasteiger partial charge in [0.2, 0.25) is 11.7 Å². The Kier molecular flexibility index (Phi) is 3.55. The number of nitrogens with one attached hydrogen (secondary N) is 1. The van der Waals surface area contributed by atoms with E-state index in [1.807, 2.05) is 30.3 Å². The van der Waals surface area contributed by atoms with Gasteiger partial charge in [0.1, 0.15) is 0 Å². The van der Waals surface area contributed by atoms with Crippen molar-refractivity contribution < 1.29 is 9.47 Å². The highest BCUT2D eigenvalue weighted by molar-refractivity contribution is 5.88. The summed E-state index contributed by atoms with van der Waals surface area (Å²) in [5.41, 5.74) is -2.44. The molecular formula is C20H18N4O2. The highest BCUT2D eigenvalue weighted by atomic mass is 16.7. The maximum Gasteiger partial charge on any atom is 0.217 e. The second-order valence-corrected chi connectivity index (χ2v) is 7.29. The first-order valence-electron chi connectivity index (χ1n) is 8.82. The Labute approximate surface area is 152 Å². The molecule has 130 valence electrons. The van der Waals surface area contributed by atoms with Gasteiger partial charge in [-0.3, -0.25) is 5.41 Å². The van der Waals surface area contributed by atoms with Crippen LogP contribution in [-0.2, 0) is 15.9 Å². The van der Waals surface area contributed by atoms with Crippen LogP contribution in [0.2, 0.25) is 0 Å². The van der Waals surface area contributed by atoms with Crippen LogP contribution in [0.15, 0.2) is 30.3 Å². The minimum Gasteiger partial charge on any atom is -0.447 e. The van der Waals surface area contributed by atoms with E-state index < -0.39 is 28.6 Å². The molecule has 6 heteroatoms.